The van der Waals surface area contributed by atoms with Gasteiger partial charge in [-0.1, -0.05) is 0 Å². The molecule has 0 unspecified atom stereocenters. The van der Waals surface area contributed by atoms with Gasteiger partial charge in [0.15, 0.2) is 5.69 Å². The number of anilines is 2. The summed E-state index contributed by atoms with van der Waals surface area (Å²) in [6.45, 7) is 2.94. The molecular formula is C9H14F3N5O. The Kier molecular flexibility index (Phi) is 3.97. The Morgan fingerprint density at radius 1 is 1.33 bits per heavy atom. The molecule has 0 aliphatic heterocycles. The van der Waals surface area contributed by atoms with E-state index in [-0.39, 0.29) is 18.4 Å². The van der Waals surface area contributed by atoms with Gasteiger partial charge in [-0.3, -0.25) is 5.43 Å². The third-order valence-corrected chi connectivity index (χ3v) is 2.01. The first-order valence-corrected chi connectivity index (χ1v) is 5.00. The molecule has 1 aromatic heterocycles. The van der Waals surface area contributed by atoms with Crippen LogP contribution in [0.2, 0.25) is 0 Å². The molecule has 0 radical (unpaired) electrons. The molecule has 1 aromatic rings. The van der Waals surface area contributed by atoms with Crippen LogP contribution in [0.25, 0.3) is 0 Å². The summed E-state index contributed by atoms with van der Waals surface area (Å²) in [4.78, 5) is 6.93. The molecule has 1 heterocycles. The lowest BCUT2D eigenvalue weighted by atomic mass is 10.1. The SMILES string of the molecule is CC(C)(CO)Nc1cc(C(F)(F)F)nc(NN)n1. The number of rotatable bonds is 4. The van der Waals surface area contributed by atoms with Crippen molar-refractivity contribution in [2.45, 2.75) is 25.6 Å². The predicted octanol–water partition coefficient (Wildman–Crippen LogP) is 0.964. The maximum Gasteiger partial charge on any atom is 0.433 e. The first-order chi connectivity index (χ1) is 8.18. The summed E-state index contributed by atoms with van der Waals surface area (Å²) >= 11 is 0. The predicted molar refractivity (Wildman–Crippen MR) is 59.6 cm³/mol. The summed E-state index contributed by atoms with van der Waals surface area (Å²) in [7, 11) is 0. The fraction of sp³-hybridized carbons (Fsp3) is 0.556. The molecule has 102 valence electrons. The second kappa shape index (κ2) is 4.94. The Balaban J connectivity index is 3.13. The molecule has 5 N–H and O–H groups in total. The molecule has 1 rings (SSSR count). The molecule has 0 aliphatic carbocycles. The summed E-state index contributed by atoms with van der Waals surface area (Å²) in [5.41, 5.74) is 0.0191. The second-order valence-electron chi connectivity index (χ2n) is 4.27. The summed E-state index contributed by atoms with van der Waals surface area (Å²) < 4.78 is 37.7. The number of hydrogen-bond acceptors (Lipinski definition) is 6. The van der Waals surface area contributed by atoms with Crippen LogP contribution in [0.4, 0.5) is 24.9 Å². The second-order valence-corrected chi connectivity index (χ2v) is 4.27. The average Bonchev–Trinajstić information content (AvgIpc) is 2.27. The van der Waals surface area contributed by atoms with Crippen LogP contribution < -0.4 is 16.6 Å². The zero-order valence-electron chi connectivity index (χ0n) is 9.84. The summed E-state index contributed by atoms with van der Waals surface area (Å²) in [5, 5.41) is 11.7. The quantitative estimate of drug-likeness (QED) is 0.478. The maximum absolute atomic E-state index is 12.6. The number of nitrogens with zero attached hydrogens (tertiary/aromatic N) is 2. The minimum atomic E-state index is -4.60. The number of aliphatic hydroxyl groups excluding tert-OH is 1. The third kappa shape index (κ3) is 3.70. The van der Waals surface area contributed by atoms with Crippen molar-refractivity contribution in [3.05, 3.63) is 11.8 Å². The van der Waals surface area contributed by atoms with Crippen LogP contribution in [0.15, 0.2) is 6.07 Å². The molecule has 0 saturated carbocycles. The van der Waals surface area contributed by atoms with Gasteiger partial charge in [0.05, 0.1) is 12.1 Å². The van der Waals surface area contributed by atoms with E-state index < -0.39 is 17.4 Å². The van der Waals surface area contributed by atoms with Gasteiger partial charge in [0.2, 0.25) is 5.95 Å². The largest absolute Gasteiger partial charge is 0.433 e. The number of hydrazine groups is 1. The van der Waals surface area contributed by atoms with Crippen LogP contribution >= 0.6 is 0 Å². The van der Waals surface area contributed by atoms with Crippen LogP contribution in [0.1, 0.15) is 19.5 Å². The van der Waals surface area contributed by atoms with E-state index in [0.29, 0.717) is 0 Å². The highest BCUT2D eigenvalue weighted by molar-refractivity contribution is 5.44. The smallest absolute Gasteiger partial charge is 0.394 e. The van der Waals surface area contributed by atoms with Gasteiger partial charge in [-0.05, 0) is 13.8 Å². The minimum absolute atomic E-state index is 0.0793. The topological polar surface area (TPSA) is 96.1 Å². The molecule has 18 heavy (non-hydrogen) atoms. The summed E-state index contributed by atoms with van der Waals surface area (Å²) in [5.74, 6) is 4.57. The number of halogens is 3. The molecule has 0 spiro atoms. The van der Waals surface area contributed by atoms with E-state index >= 15 is 0 Å². The Bertz CT molecular complexity index is 421. The molecule has 0 bridgehead atoms. The summed E-state index contributed by atoms with van der Waals surface area (Å²) in [6.07, 6.45) is -4.60. The van der Waals surface area contributed by atoms with Crippen LogP contribution in [-0.4, -0.2) is 27.2 Å². The normalized spacial score (nSPS) is 12.4. The molecule has 0 amide bonds. The van der Waals surface area contributed by atoms with Gasteiger partial charge in [0, 0.05) is 6.07 Å². The lowest BCUT2D eigenvalue weighted by molar-refractivity contribution is -0.141. The maximum atomic E-state index is 12.6. The number of hydrogen-bond donors (Lipinski definition) is 4. The van der Waals surface area contributed by atoms with Crippen molar-refractivity contribution in [3.63, 3.8) is 0 Å². The van der Waals surface area contributed by atoms with Gasteiger partial charge in [-0.25, -0.2) is 10.8 Å². The van der Waals surface area contributed by atoms with Crippen molar-refractivity contribution in [2.24, 2.45) is 5.84 Å². The van der Waals surface area contributed by atoms with Crippen molar-refractivity contribution in [1.29, 1.82) is 0 Å². The first-order valence-electron chi connectivity index (χ1n) is 5.00. The van der Waals surface area contributed by atoms with Gasteiger partial charge in [-0.15, -0.1) is 0 Å². The number of nitrogens with two attached hydrogens (primary N) is 1. The lowest BCUT2D eigenvalue weighted by Crippen LogP contribution is -2.35. The molecule has 0 aliphatic rings. The van der Waals surface area contributed by atoms with Crippen molar-refractivity contribution < 1.29 is 18.3 Å². The van der Waals surface area contributed by atoms with E-state index in [2.05, 4.69) is 15.3 Å². The molecule has 6 nitrogen and oxygen atoms in total. The van der Waals surface area contributed by atoms with E-state index in [9.17, 15) is 13.2 Å². The zero-order chi connectivity index (χ0) is 14.0. The van der Waals surface area contributed by atoms with Gasteiger partial charge in [-0.2, -0.15) is 18.2 Å². The van der Waals surface area contributed by atoms with Crippen LogP contribution in [0.5, 0.6) is 0 Å². The van der Waals surface area contributed by atoms with Crippen molar-refractivity contribution >= 4 is 11.8 Å². The summed E-state index contributed by atoms with van der Waals surface area (Å²) in [6, 6.07) is 0.748. The fourth-order valence-corrected chi connectivity index (χ4v) is 1.11. The van der Waals surface area contributed by atoms with Crippen molar-refractivity contribution in [1.82, 2.24) is 9.97 Å². The van der Waals surface area contributed by atoms with Gasteiger partial charge >= 0.3 is 6.18 Å². The molecule has 0 fully saturated rings. The standard InChI is InChI=1S/C9H14F3N5O/c1-8(2,4-18)16-6-3-5(9(10,11)12)14-7(15-6)17-13/h3,18H,4,13H2,1-2H3,(H2,14,15,16,17). The Hall–Kier alpha value is -1.61. The average molecular weight is 265 g/mol. The van der Waals surface area contributed by atoms with Crippen molar-refractivity contribution in [3.8, 4) is 0 Å². The van der Waals surface area contributed by atoms with E-state index in [1.54, 1.807) is 13.8 Å². The van der Waals surface area contributed by atoms with Gasteiger partial charge in [0.1, 0.15) is 5.82 Å². The van der Waals surface area contributed by atoms with Gasteiger partial charge < -0.3 is 10.4 Å². The zero-order valence-corrected chi connectivity index (χ0v) is 9.84. The third-order valence-electron chi connectivity index (χ3n) is 2.01. The Morgan fingerprint density at radius 2 is 1.94 bits per heavy atom. The Labute approximate surface area is 101 Å². The molecule has 0 aromatic carbocycles. The fourth-order valence-electron chi connectivity index (χ4n) is 1.11. The van der Waals surface area contributed by atoms with Gasteiger partial charge in [0.25, 0.3) is 0 Å². The number of aliphatic hydroxyl groups is 1. The van der Waals surface area contributed by atoms with E-state index in [1.807, 2.05) is 5.43 Å². The number of nitrogen functional groups attached to an aromatic ring is 1. The number of nitrogens with one attached hydrogen (secondary N) is 2. The number of alkyl halides is 3. The van der Waals surface area contributed by atoms with E-state index in [1.165, 1.54) is 0 Å². The van der Waals surface area contributed by atoms with Crippen molar-refractivity contribution in [2.75, 3.05) is 17.3 Å². The molecule has 0 atom stereocenters. The highest BCUT2D eigenvalue weighted by atomic mass is 19.4. The highest BCUT2D eigenvalue weighted by Crippen LogP contribution is 2.30. The monoisotopic (exact) mass is 265 g/mol. The minimum Gasteiger partial charge on any atom is -0.394 e. The van der Waals surface area contributed by atoms with Crippen LogP contribution in [0, 0.1) is 0 Å². The first kappa shape index (κ1) is 14.5. The van der Waals surface area contributed by atoms with E-state index in [0.717, 1.165) is 6.07 Å². The van der Waals surface area contributed by atoms with E-state index in [4.69, 9.17) is 10.9 Å². The Morgan fingerprint density at radius 3 is 2.39 bits per heavy atom. The lowest BCUT2D eigenvalue weighted by Gasteiger charge is -2.24. The molecule has 9 heteroatoms. The molecular weight excluding hydrogens is 251 g/mol. The highest BCUT2D eigenvalue weighted by Gasteiger charge is 2.34. The molecule has 0 saturated heterocycles. The number of aromatic nitrogens is 2. The van der Waals surface area contributed by atoms with Crippen LogP contribution in [-0.2, 0) is 6.18 Å². The van der Waals surface area contributed by atoms with Crippen LogP contribution in [0.3, 0.4) is 0 Å².